The minimum atomic E-state index is -0.536. The van der Waals surface area contributed by atoms with Crippen molar-refractivity contribution in [2.75, 3.05) is 13.1 Å². The number of nitrogens with two attached hydrogens (primary N) is 1. The number of rotatable bonds is 3. The van der Waals surface area contributed by atoms with Gasteiger partial charge in [0, 0.05) is 37.6 Å². The predicted octanol–water partition coefficient (Wildman–Crippen LogP) is 0.751. The van der Waals surface area contributed by atoms with E-state index in [1.807, 2.05) is 28.8 Å². The van der Waals surface area contributed by atoms with Crippen LogP contribution in [0.4, 0.5) is 0 Å². The standard InChI is InChI=1S/C17H17N5O3/c18-17(24)13-10-22-8-7-21(6-5-15(22)19-13)16(23)9-12-11-3-1-2-4-14(11)25-20-12/h1-4,10H,5-9H2,(H2,18,24). The first-order valence-electron chi connectivity index (χ1n) is 8.09. The molecule has 0 atom stereocenters. The lowest BCUT2D eigenvalue weighted by atomic mass is 10.1. The van der Waals surface area contributed by atoms with Crippen molar-refractivity contribution < 1.29 is 14.1 Å². The number of aromatic nitrogens is 3. The van der Waals surface area contributed by atoms with Gasteiger partial charge in [-0.15, -0.1) is 0 Å². The van der Waals surface area contributed by atoms with E-state index >= 15 is 0 Å². The molecule has 4 rings (SSSR count). The molecule has 3 aromatic rings. The zero-order valence-electron chi connectivity index (χ0n) is 13.5. The van der Waals surface area contributed by atoms with Crippen LogP contribution in [0.2, 0.25) is 0 Å². The largest absolute Gasteiger partial charge is 0.364 e. The molecule has 0 fully saturated rings. The Morgan fingerprint density at radius 2 is 2.04 bits per heavy atom. The molecule has 1 aliphatic heterocycles. The highest BCUT2D eigenvalue weighted by atomic mass is 16.5. The number of hydrogen-bond acceptors (Lipinski definition) is 5. The van der Waals surface area contributed by atoms with Gasteiger partial charge in [0.1, 0.15) is 17.2 Å². The maximum atomic E-state index is 12.7. The van der Waals surface area contributed by atoms with Crippen LogP contribution in [0, 0.1) is 0 Å². The molecule has 2 aromatic heterocycles. The van der Waals surface area contributed by atoms with E-state index < -0.39 is 5.91 Å². The Labute approximate surface area is 143 Å². The number of benzene rings is 1. The molecular formula is C17H17N5O3. The second kappa shape index (κ2) is 6.04. The molecule has 0 bridgehead atoms. The van der Waals surface area contributed by atoms with E-state index in [0.29, 0.717) is 37.3 Å². The highest BCUT2D eigenvalue weighted by Gasteiger charge is 2.22. The molecule has 2 amide bonds. The zero-order chi connectivity index (χ0) is 17.4. The summed E-state index contributed by atoms with van der Waals surface area (Å²) >= 11 is 0. The molecular weight excluding hydrogens is 322 g/mol. The lowest BCUT2D eigenvalue weighted by Gasteiger charge is -2.19. The number of nitrogens with zero attached hydrogens (tertiary/aromatic N) is 4. The van der Waals surface area contributed by atoms with Crippen LogP contribution < -0.4 is 5.73 Å². The van der Waals surface area contributed by atoms with Crippen molar-refractivity contribution in [3.05, 3.63) is 47.7 Å². The van der Waals surface area contributed by atoms with Gasteiger partial charge in [-0.3, -0.25) is 9.59 Å². The molecule has 0 saturated heterocycles. The van der Waals surface area contributed by atoms with Gasteiger partial charge in [-0.25, -0.2) is 4.98 Å². The van der Waals surface area contributed by atoms with Gasteiger partial charge in [0.2, 0.25) is 5.91 Å². The minimum Gasteiger partial charge on any atom is -0.364 e. The van der Waals surface area contributed by atoms with Crippen molar-refractivity contribution in [2.45, 2.75) is 19.4 Å². The van der Waals surface area contributed by atoms with Crippen LogP contribution in [-0.2, 0) is 24.2 Å². The summed E-state index contributed by atoms with van der Waals surface area (Å²) in [6, 6.07) is 7.50. The lowest BCUT2D eigenvalue weighted by molar-refractivity contribution is -0.130. The third-order valence-electron chi connectivity index (χ3n) is 4.45. The summed E-state index contributed by atoms with van der Waals surface area (Å²) in [7, 11) is 0. The summed E-state index contributed by atoms with van der Waals surface area (Å²) < 4.78 is 7.14. The van der Waals surface area contributed by atoms with E-state index in [2.05, 4.69) is 10.1 Å². The third-order valence-corrected chi connectivity index (χ3v) is 4.45. The molecule has 3 heterocycles. The fourth-order valence-corrected chi connectivity index (χ4v) is 3.11. The Kier molecular flexibility index (Phi) is 3.72. The molecule has 0 radical (unpaired) electrons. The fraction of sp³-hybridized carbons (Fsp3) is 0.294. The van der Waals surface area contributed by atoms with E-state index in [0.717, 1.165) is 11.2 Å². The van der Waals surface area contributed by atoms with Crippen molar-refractivity contribution in [3.8, 4) is 0 Å². The molecule has 0 unspecified atom stereocenters. The first-order valence-corrected chi connectivity index (χ1v) is 8.09. The Bertz CT molecular complexity index is 933. The third kappa shape index (κ3) is 2.86. The highest BCUT2D eigenvalue weighted by Crippen LogP contribution is 2.19. The molecule has 0 spiro atoms. The Hall–Kier alpha value is -3.16. The van der Waals surface area contributed by atoms with Gasteiger partial charge in [-0.1, -0.05) is 17.3 Å². The van der Waals surface area contributed by atoms with Gasteiger partial charge in [-0.2, -0.15) is 0 Å². The molecule has 1 aliphatic rings. The second-order valence-electron chi connectivity index (χ2n) is 6.03. The average molecular weight is 339 g/mol. The van der Waals surface area contributed by atoms with Crippen molar-refractivity contribution in [1.82, 2.24) is 19.6 Å². The number of primary amides is 1. The number of carbonyl (C=O) groups excluding carboxylic acids is 2. The summed E-state index contributed by atoms with van der Waals surface area (Å²) in [5.74, 6) is 0.238. The minimum absolute atomic E-state index is 0.0000640. The van der Waals surface area contributed by atoms with Crippen LogP contribution in [0.15, 0.2) is 35.0 Å². The van der Waals surface area contributed by atoms with Crippen molar-refractivity contribution in [1.29, 1.82) is 0 Å². The first-order chi connectivity index (χ1) is 12.1. The molecule has 0 aliphatic carbocycles. The number of imidazole rings is 1. The van der Waals surface area contributed by atoms with Crippen LogP contribution in [0.1, 0.15) is 22.0 Å². The molecule has 128 valence electrons. The van der Waals surface area contributed by atoms with Crippen LogP contribution in [0.3, 0.4) is 0 Å². The Morgan fingerprint density at radius 3 is 2.88 bits per heavy atom. The molecule has 8 nitrogen and oxygen atoms in total. The van der Waals surface area contributed by atoms with E-state index in [1.54, 1.807) is 11.1 Å². The van der Waals surface area contributed by atoms with E-state index in [-0.39, 0.29) is 18.0 Å². The van der Waals surface area contributed by atoms with Gasteiger partial charge in [-0.05, 0) is 12.1 Å². The monoisotopic (exact) mass is 339 g/mol. The van der Waals surface area contributed by atoms with Crippen LogP contribution >= 0.6 is 0 Å². The molecule has 8 heteroatoms. The smallest absolute Gasteiger partial charge is 0.268 e. The summed E-state index contributed by atoms with van der Waals surface area (Å²) in [6.07, 6.45) is 2.43. The normalized spacial score (nSPS) is 14.3. The van der Waals surface area contributed by atoms with Crippen molar-refractivity contribution in [2.24, 2.45) is 5.73 Å². The number of amides is 2. The molecule has 1 aromatic carbocycles. The molecule has 2 N–H and O–H groups in total. The van der Waals surface area contributed by atoms with Crippen molar-refractivity contribution >= 4 is 22.8 Å². The summed E-state index contributed by atoms with van der Waals surface area (Å²) in [5.41, 5.74) is 6.87. The number of fused-ring (bicyclic) bond motifs is 2. The summed E-state index contributed by atoms with van der Waals surface area (Å²) in [5, 5.41) is 4.89. The second-order valence-corrected chi connectivity index (χ2v) is 6.03. The van der Waals surface area contributed by atoms with Gasteiger partial charge in [0.25, 0.3) is 5.91 Å². The summed E-state index contributed by atoms with van der Waals surface area (Å²) in [4.78, 5) is 29.9. The van der Waals surface area contributed by atoms with Gasteiger partial charge < -0.3 is 19.7 Å². The van der Waals surface area contributed by atoms with Gasteiger partial charge >= 0.3 is 0 Å². The fourth-order valence-electron chi connectivity index (χ4n) is 3.11. The number of para-hydroxylation sites is 1. The van der Waals surface area contributed by atoms with Crippen LogP contribution in [0.25, 0.3) is 11.0 Å². The van der Waals surface area contributed by atoms with Crippen LogP contribution in [0.5, 0.6) is 0 Å². The zero-order valence-corrected chi connectivity index (χ0v) is 13.5. The number of carbonyl (C=O) groups is 2. The quantitative estimate of drug-likeness (QED) is 0.758. The van der Waals surface area contributed by atoms with E-state index in [1.165, 1.54) is 0 Å². The Balaban J connectivity index is 1.47. The topological polar surface area (TPSA) is 107 Å². The molecule has 0 saturated carbocycles. The summed E-state index contributed by atoms with van der Waals surface area (Å²) in [6.45, 7) is 1.68. The van der Waals surface area contributed by atoms with E-state index in [4.69, 9.17) is 10.3 Å². The Morgan fingerprint density at radius 1 is 1.20 bits per heavy atom. The van der Waals surface area contributed by atoms with Gasteiger partial charge in [0.05, 0.1) is 6.42 Å². The SMILES string of the molecule is NC(=O)c1cn2c(n1)CCN(C(=O)Cc1noc3ccccc13)CC2. The first kappa shape index (κ1) is 15.4. The number of hydrogen-bond donors (Lipinski definition) is 1. The van der Waals surface area contributed by atoms with Gasteiger partial charge in [0.15, 0.2) is 5.58 Å². The van der Waals surface area contributed by atoms with Crippen LogP contribution in [-0.4, -0.2) is 44.5 Å². The van der Waals surface area contributed by atoms with Crippen molar-refractivity contribution in [3.63, 3.8) is 0 Å². The average Bonchev–Trinajstić information content (AvgIpc) is 3.15. The lowest BCUT2D eigenvalue weighted by Crippen LogP contribution is -2.35. The maximum absolute atomic E-state index is 12.7. The van der Waals surface area contributed by atoms with E-state index in [9.17, 15) is 9.59 Å². The predicted molar refractivity (Wildman–Crippen MR) is 88.7 cm³/mol. The highest BCUT2D eigenvalue weighted by molar-refractivity contribution is 5.90. The molecule has 25 heavy (non-hydrogen) atoms. The maximum Gasteiger partial charge on any atom is 0.268 e.